The van der Waals surface area contributed by atoms with Crippen LogP contribution in [0.5, 0.6) is 0 Å². The van der Waals surface area contributed by atoms with Crippen molar-refractivity contribution in [2.24, 2.45) is 0 Å². The summed E-state index contributed by atoms with van der Waals surface area (Å²) in [4.78, 5) is 49.7. The number of nitro groups is 1. The molecule has 0 unspecified atom stereocenters. The van der Waals surface area contributed by atoms with E-state index in [4.69, 9.17) is 11.6 Å². The minimum Gasteiger partial charge on any atom is -0.324 e. The number of halogens is 1. The zero-order chi connectivity index (χ0) is 29.2. The molecule has 4 aromatic rings. The number of carbonyl (C=O) groups is 3. The van der Waals surface area contributed by atoms with Gasteiger partial charge >= 0.3 is 0 Å². The van der Waals surface area contributed by atoms with Crippen molar-refractivity contribution in [3.05, 3.63) is 135 Å². The number of nitrogens with zero attached hydrogens (tertiary/aromatic N) is 1. The molecule has 0 saturated heterocycles. The van der Waals surface area contributed by atoms with Crippen LogP contribution >= 0.6 is 23.4 Å². The first kappa shape index (κ1) is 29.1. The second-order valence-electron chi connectivity index (χ2n) is 8.53. The third-order valence-corrected chi connectivity index (χ3v) is 6.88. The van der Waals surface area contributed by atoms with E-state index in [2.05, 4.69) is 16.0 Å². The number of thioether (sulfide) groups is 1. The van der Waals surface area contributed by atoms with Gasteiger partial charge in [0, 0.05) is 28.3 Å². The molecule has 4 rings (SSSR count). The van der Waals surface area contributed by atoms with Crippen LogP contribution in [0.1, 0.15) is 15.9 Å². The second-order valence-corrected chi connectivity index (χ2v) is 9.98. The van der Waals surface area contributed by atoms with Crippen molar-refractivity contribution in [3.8, 4) is 0 Å². The number of amides is 3. The zero-order valence-electron chi connectivity index (χ0n) is 21.4. The van der Waals surface area contributed by atoms with Gasteiger partial charge in [-0.05, 0) is 66.2 Å². The lowest BCUT2D eigenvalue weighted by molar-refractivity contribution is -0.384. The standard InChI is InChI=1S/C30H23ClN4O5S/c31-25-11-4-5-12-26(25)33-28(36)19-41-24-10-6-9-22(18-24)32-30(38)27(34-29(37)21-7-2-1-3-8-21)17-20-13-15-23(16-14-20)35(39)40/h1-18H,19H2,(H,32,38)(H,33,36)(H,34,37)/b27-17+. The molecule has 9 nitrogen and oxygen atoms in total. The number of benzene rings is 4. The van der Waals surface area contributed by atoms with Gasteiger partial charge in [0.2, 0.25) is 5.91 Å². The Labute approximate surface area is 244 Å². The normalized spacial score (nSPS) is 10.9. The fraction of sp³-hybridized carbons (Fsp3) is 0.0333. The van der Waals surface area contributed by atoms with Crippen LogP contribution in [0.4, 0.5) is 17.1 Å². The Morgan fingerprint density at radius 2 is 1.56 bits per heavy atom. The number of hydrogen-bond donors (Lipinski definition) is 3. The lowest BCUT2D eigenvalue weighted by atomic mass is 10.1. The van der Waals surface area contributed by atoms with E-state index >= 15 is 0 Å². The molecule has 206 valence electrons. The molecule has 0 aliphatic heterocycles. The molecular formula is C30H23ClN4O5S. The van der Waals surface area contributed by atoms with Crippen LogP contribution in [0.25, 0.3) is 6.08 Å². The van der Waals surface area contributed by atoms with Gasteiger partial charge in [0.15, 0.2) is 0 Å². The van der Waals surface area contributed by atoms with Gasteiger partial charge in [-0.25, -0.2) is 0 Å². The average Bonchev–Trinajstić information content (AvgIpc) is 2.98. The van der Waals surface area contributed by atoms with Crippen molar-refractivity contribution in [3.63, 3.8) is 0 Å². The SMILES string of the molecule is O=C(CSc1cccc(NC(=O)/C(=C\c2ccc([N+](=O)[O-])cc2)NC(=O)c2ccccc2)c1)Nc1ccccc1Cl. The van der Waals surface area contributed by atoms with Crippen LogP contribution in [-0.4, -0.2) is 28.4 Å². The maximum absolute atomic E-state index is 13.3. The Morgan fingerprint density at radius 1 is 0.854 bits per heavy atom. The van der Waals surface area contributed by atoms with Crippen molar-refractivity contribution < 1.29 is 19.3 Å². The van der Waals surface area contributed by atoms with Crippen molar-refractivity contribution in [1.82, 2.24) is 5.32 Å². The second kappa shape index (κ2) is 13.9. The first-order chi connectivity index (χ1) is 19.8. The van der Waals surface area contributed by atoms with Crippen molar-refractivity contribution >= 4 is 64.2 Å². The summed E-state index contributed by atoms with van der Waals surface area (Å²) in [5, 5.41) is 19.6. The smallest absolute Gasteiger partial charge is 0.272 e. The molecular weight excluding hydrogens is 564 g/mol. The van der Waals surface area contributed by atoms with Gasteiger partial charge in [0.25, 0.3) is 17.5 Å². The highest BCUT2D eigenvalue weighted by Crippen LogP contribution is 2.24. The summed E-state index contributed by atoms with van der Waals surface area (Å²) >= 11 is 7.37. The molecule has 0 fully saturated rings. The maximum Gasteiger partial charge on any atom is 0.272 e. The largest absolute Gasteiger partial charge is 0.324 e. The summed E-state index contributed by atoms with van der Waals surface area (Å²) in [5.74, 6) is -1.23. The molecule has 0 aromatic heterocycles. The van der Waals surface area contributed by atoms with E-state index in [0.29, 0.717) is 27.5 Å². The highest BCUT2D eigenvalue weighted by molar-refractivity contribution is 8.00. The molecule has 0 saturated carbocycles. The van der Waals surface area contributed by atoms with Gasteiger partial charge in [-0.15, -0.1) is 11.8 Å². The molecule has 0 heterocycles. The molecule has 0 bridgehead atoms. The van der Waals surface area contributed by atoms with Crippen LogP contribution in [0.3, 0.4) is 0 Å². The molecule has 11 heteroatoms. The molecule has 4 aromatic carbocycles. The quantitative estimate of drug-likeness (QED) is 0.0854. The number of para-hydroxylation sites is 1. The van der Waals surface area contributed by atoms with Crippen molar-refractivity contribution in [1.29, 1.82) is 0 Å². The third kappa shape index (κ3) is 8.53. The Kier molecular flexibility index (Phi) is 9.87. The summed E-state index contributed by atoms with van der Waals surface area (Å²) in [7, 11) is 0. The van der Waals surface area contributed by atoms with Gasteiger partial charge in [-0.3, -0.25) is 24.5 Å². The fourth-order valence-corrected chi connectivity index (χ4v) is 4.50. The van der Waals surface area contributed by atoms with E-state index in [1.807, 2.05) is 0 Å². The fourth-order valence-electron chi connectivity index (χ4n) is 3.56. The van der Waals surface area contributed by atoms with Crippen LogP contribution in [-0.2, 0) is 9.59 Å². The minimum absolute atomic E-state index is 0.0649. The van der Waals surface area contributed by atoms with Crippen LogP contribution in [0.15, 0.2) is 114 Å². The van der Waals surface area contributed by atoms with E-state index in [0.717, 1.165) is 4.90 Å². The zero-order valence-corrected chi connectivity index (χ0v) is 22.9. The Morgan fingerprint density at radius 3 is 2.27 bits per heavy atom. The van der Waals surface area contributed by atoms with Crippen molar-refractivity contribution in [2.75, 3.05) is 16.4 Å². The number of anilines is 2. The van der Waals surface area contributed by atoms with Gasteiger partial charge in [0.1, 0.15) is 5.70 Å². The maximum atomic E-state index is 13.3. The molecule has 0 spiro atoms. The summed E-state index contributed by atoms with van der Waals surface area (Å²) in [6.45, 7) is 0. The molecule has 3 amide bonds. The first-order valence-electron chi connectivity index (χ1n) is 12.2. The molecule has 0 aliphatic rings. The Bertz CT molecular complexity index is 1610. The number of hydrogen-bond acceptors (Lipinski definition) is 6. The van der Waals surface area contributed by atoms with E-state index in [1.165, 1.54) is 42.1 Å². The highest BCUT2D eigenvalue weighted by atomic mass is 35.5. The van der Waals surface area contributed by atoms with E-state index < -0.39 is 16.7 Å². The average molecular weight is 587 g/mol. The number of nitrogens with one attached hydrogen (secondary N) is 3. The number of nitro benzene ring substituents is 1. The van der Waals surface area contributed by atoms with Gasteiger partial charge in [0.05, 0.1) is 21.4 Å². The summed E-state index contributed by atoms with van der Waals surface area (Å²) < 4.78 is 0. The van der Waals surface area contributed by atoms with Gasteiger partial charge < -0.3 is 16.0 Å². The van der Waals surface area contributed by atoms with Crippen LogP contribution in [0.2, 0.25) is 5.02 Å². The first-order valence-corrected chi connectivity index (χ1v) is 13.6. The van der Waals surface area contributed by atoms with Gasteiger partial charge in [-0.1, -0.05) is 48.0 Å². The minimum atomic E-state index is -0.605. The van der Waals surface area contributed by atoms with E-state index in [9.17, 15) is 24.5 Å². The topological polar surface area (TPSA) is 130 Å². The van der Waals surface area contributed by atoms with E-state index in [1.54, 1.807) is 78.9 Å². The van der Waals surface area contributed by atoms with Gasteiger partial charge in [-0.2, -0.15) is 0 Å². The predicted octanol–water partition coefficient (Wildman–Crippen LogP) is 6.39. The highest BCUT2D eigenvalue weighted by Gasteiger charge is 2.16. The van der Waals surface area contributed by atoms with Crippen molar-refractivity contribution in [2.45, 2.75) is 4.90 Å². The van der Waals surface area contributed by atoms with Crippen LogP contribution in [0, 0.1) is 10.1 Å². The summed E-state index contributed by atoms with van der Waals surface area (Å²) in [6.07, 6.45) is 1.43. The lowest BCUT2D eigenvalue weighted by Crippen LogP contribution is -2.30. The third-order valence-electron chi connectivity index (χ3n) is 5.55. The number of rotatable bonds is 10. The predicted molar refractivity (Wildman–Crippen MR) is 161 cm³/mol. The lowest BCUT2D eigenvalue weighted by Gasteiger charge is -2.12. The molecule has 0 aliphatic carbocycles. The molecule has 41 heavy (non-hydrogen) atoms. The molecule has 0 atom stereocenters. The summed E-state index contributed by atoms with van der Waals surface area (Å²) in [5.41, 5.74) is 1.62. The number of non-ortho nitro benzene ring substituents is 1. The monoisotopic (exact) mass is 586 g/mol. The van der Waals surface area contributed by atoms with Crippen LogP contribution < -0.4 is 16.0 Å². The molecule has 0 radical (unpaired) electrons. The number of carbonyl (C=O) groups excluding carboxylic acids is 3. The molecule has 3 N–H and O–H groups in total. The Balaban J connectivity index is 1.47. The van der Waals surface area contributed by atoms with E-state index in [-0.39, 0.29) is 23.0 Å². The summed E-state index contributed by atoms with van der Waals surface area (Å²) in [6, 6.07) is 27.8. The Hall–Kier alpha value is -4.93.